The summed E-state index contributed by atoms with van der Waals surface area (Å²) in [6.45, 7) is 2.65. The molecule has 0 aliphatic heterocycles. The number of rotatable bonds is 5. The van der Waals surface area contributed by atoms with Crippen LogP contribution in [0.3, 0.4) is 0 Å². The van der Waals surface area contributed by atoms with E-state index in [9.17, 15) is 13.6 Å². The van der Waals surface area contributed by atoms with Crippen LogP contribution in [-0.2, 0) is 0 Å². The van der Waals surface area contributed by atoms with Crippen molar-refractivity contribution >= 4 is 11.6 Å². The van der Waals surface area contributed by atoms with Crippen LogP contribution in [0, 0.1) is 20.8 Å². The molecule has 0 saturated heterocycles. The lowest BCUT2D eigenvalue weighted by Gasteiger charge is -2.07. The zero-order valence-corrected chi connectivity index (χ0v) is 15.0. The predicted octanol–water partition coefficient (Wildman–Crippen LogP) is 4.05. The molecule has 1 N–H and O–H groups in total. The molecule has 140 valence electrons. The zero-order chi connectivity index (χ0) is 19.6. The van der Waals surface area contributed by atoms with Crippen molar-refractivity contribution in [3.8, 4) is 11.4 Å². The number of nitrogens with zero attached hydrogens (tertiary/aromatic N) is 3. The van der Waals surface area contributed by atoms with E-state index in [1.807, 2.05) is 32.0 Å². The smallest absolute Gasteiger partial charge is 0.387 e. The summed E-state index contributed by atoms with van der Waals surface area (Å²) in [4.78, 5) is 16.7. The molecule has 0 aliphatic rings. The van der Waals surface area contributed by atoms with Gasteiger partial charge in [0.1, 0.15) is 11.6 Å². The molecule has 1 heterocycles. The van der Waals surface area contributed by atoms with Gasteiger partial charge in [-0.25, -0.2) is 9.67 Å². The van der Waals surface area contributed by atoms with E-state index < -0.39 is 12.5 Å². The van der Waals surface area contributed by atoms with Crippen molar-refractivity contribution < 1.29 is 18.3 Å². The number of carbonyl (C=O) groups excluding carboxylic acids is 1. The highest BCUT2D eigenvalue weighted by atomic mass is 19.3. The van der Waals surface area contributed by atoms with Gasteiger partial charge in [0.2, 0.25) is 5.82 Å². The van der Waals surface area contributed by atoms with E-state index in [1.54, 1.807) is 19.1 Å². The van der Waals surface area contributed by atoms with Crippen LogP contribution in [-0.4, -0.2) is 27.3 Å². The standard InChI is InChI=1S/C19H18F2N4O2/c1-11-4-5-12(2)16(10-11)23-18(26)17-22-13(3)25(24-17)14-6-8-15(9-7-14)27-19(20)21/h4-10,19H,1-3H3,(H,23,26). The van der Waals surface area contributed by atoms with Gasteiger partial charge in [-0.15, -0.1) is 5.10 Å². The first-order valence-electron chi connectivity index (χ1n) is 8.21. The Morgan fingerprint density at radius 2 is 1.81 bits per heavy atom. The summed E-state index contributed by atoms with van der Waals surface area (Å²) in [5.41, 5.74) is 3.23. The monoisotopic (exact) mass is 372 g/mol. The number of aryl methyl sites for hydroxylation is 3. The summed E-state index contributed by atoms with van der Waals surface area (Å²) in [5, 5.41) is 7.03. The Labute approximate surface area is 154 Å². The van der Waals surface area contributed by atoms with E-state index >= 15 is 0 Å². The molecular formula is C19H18F2N4O2. The molecule has 3 rings (SSSR count). The highest BCUT2D eigenvalue weighted by Crippen LogP contribution is 2.19. The average molecular weight is 372 g/mol. The molecule has 8 heteroatoms. The number of nitrogens with one attached hydrogen (secondary N) is 1. The number of ether oxygens (including phenoxy) is 1. The SMILES string of the molecule is Cc1ccc(C)c(NC(=O)c2nc(C)n(-c3ccc(OC(F)F)cc3)n2)c1. The Bertz CT molecular complexity index is 968. The number of halogens is 2. The average Bonchev–Trinajstić information content (AvgIpc) is 3.00. The minimum Gasteiger partial charge on any atom is -0.435 e. The molecule has 0 radical (unpaired) electrons. The van der Waals surface area contributed by atoms with Gasteiger partial charge in [-0.2, -0.15) is 8.78 Å². The summed E-state index contributed by atoms with van der Waals surface area (Å²) in [7, 11) is 0. The van der Waals surface area contributed by atoms with Gasteiger partial charge in [0.15, 0.2) is 0 Å². The molecule has 0 bridgehead atoms. The quantitative estimate of drug-likeness (QED) is 0.734. The van der Waals surface area contributed by atoms with Crippen molar-refractivity contribution in [1.29, 1.82) is 0 Å². The van der Waals surface area contributed by atoms with E-state index in [2.05, 4.69) is 20.1 Å². The first kappa shape index (κ1) is 18.5. The van der Waals surface area contributed by atoms with Gasteiger partial charge in [-0.1, -0.05) is 12.1 Å². The van der Waals surface area contributed by atoms with Gasteiger partial charge in [0.05, 0.1) is 5.69 Å². The molecular weight excluding hydrogens is 354 g/mol. The van der Waals surface area contributed by atoms with Gasteiger partial charge in [-0.3, -0.25) is 4.79 Å². The van der Waals surface area contributed by atoms with Crippen molar-refractivity contribution in [2.24, 2.45) is 0 Å². The Morgan fingerprint density at radius 1 is 1.11 bits per heavy atom. The van der Waals surface area contributed by atoms with Crippen LogP contribution in [0.4, 0.5) is 14.5 Å². The zero-order valence-electron chi connectivity index (χ0n) is 15.0. The van der Waals surface area contributed by atoms with E-state index in [0.717, 1.165) is 11.1 Å². The van der Waals surface area contributed by atoms with E-state index in [1.165, 1.54) is 16.8 Å². The lowest BCUT2D eigenvalue weighted by atomic mass is 10.1. The first-order valence-corrected chi connectivity index (χ1v) is 8.21. The molecule has 0 fully saturated rings. The number of hydrogen-bond donors (Lipinski definition) is 1. The number of benzene rings is 2. The molecule has 0 aliphatic carbocycles. The van der Waals surface area contributed by atoms with Crippen LogP contribution >= 0.6 is 0 Å². The van der Waals surface area contributed by atoms with Gasteiger partial charge in [0, 0.05) is 5.69 Å². The molecule has 0 atom stereocenters. The van der Waals surface area contributed by atoms with Crippen LogP contribution in [0.25, 0.3) is 5.69 Å². The van der Waals surface area contributed by atoms with Crippen molar-refractivity contribution in [1.82, 2.24) is 14.8 Å². The summed E-state index contributed by atoms with van der Waals surface area (Å²) in [5.74, 6) is 0.118. The number of carbonyl (C=O) groups is 1. The fourth-order valence-electron chi connectivity index (χ4n) is 2.55. The number of anilines is 1. The second-order valence-corrected chi connectivity index (χ2v) is 6.04. The van der Waals surface area contributed by atoms with Crippen LogP contribution in [0.2, 0.25) is 0 Å². The molecule has 6 nitrogen and oxygen atoms in total. The molecule has 2 aromatic carbocycles. The molecule has 3 aromatic rings. The fourth-order valence-corrected chi connectivity index (χ4v) is 2.55. The lowest BCUT2D eigenvalue weighted by molar-refractivity contribution is -0.0498. The summed E-state index contributed by atoms with van der Waals surface area (Å²) in [6, 6.07) is 11.7. The predicted molar refractivity (Wildman–Crippen MR) is 96.6 cm³/mol. The van der Waals surface area contributed by atoms with Gasteiger partial charge < -0.3 is 10.1 Å². The van der Waals surface area contributed by atoms with Gasteiger partial charge in [0.25, 0.3) is 5.91 Å². The maximum atomic E-state index is 12.5. The lowest BCUT2D eigenvalue weighted by Crippen LogP contribution is -2.15. The first-order chi connectivity index (χ1) is 12.8. The summed E-state index contributed by atoms with van der Waals surface area (Å²) < 4.78 is 30.3. The molecule has 0 unspecified atom stereocenters. The molecule has 1 aromatic heterocycles. The Kier molecular flexibility index (Phi) is 5.16. The Hall–Kier alpha value is -3.29. The van der Waals surface area contributed by atoms with Crippen LogP contribution in [0.15, 0.2) is 42.5 Å². The fraction of sp³-hybridized carbons (Fsp3) is 0.211. The highest BCUT2D eigenvalue weighted by molar-refractivity contribution is 6.02. The van der Waals surface area contributed by atoms with Crippen LogP contribution in [0.1, 0.15) is 27.6 Å². The van der Waals surface area contributed by atoms with Crippen LogP contribution < -0.4 is 10.1 Å². The van der Waals surface area contributed by atoms with Gasteiger partial charge in [-0.05, 0) is 62.2 Å². The number of alkyl halides is 2. The van der Waals surface area contributed by atoms with Crippen LogP contribution in [0.5, 0.6) is 5.75 Å². The van der Waals surface area contributed by atoms with Gasteiger partial charge >= 0.3 is 6.61 Å². The normalized spacial score (nSPS) is 10.9. The molecule has 1 amide bonds. The molecule has 0 saturated carbocycles. The maximum Gasteiger partial charge on any atom is 0.387 e. The van der Waals surface area contributed by atoms with Crippen molar-refractivity contribution in [3.05, 3.63) is 65.2 Å². The third-order valence-electron chi connectivity index (χ3n) is 3.92. The highest BCUT2D eigenvalue weighted by Gasteiger charge is 2.16. The second kappa shape index (κ2) is 7.53. The van der Waals surface area contributed by atoms with E-state index in [0.29, 0.717) is 17.2 Å². The van der Waals surface area contributed by atoms with Crippen molar-refractivity contribution in [2.45, 2.75) is 27.4 Å². The second-order valence-electron chi connectivity index (χ2n) is 6.04. The molecule has 0 spiro atoms. The Balaban J connectivity index is 1.81. The van der Waals surface area contributed by atoms with E-state index in [4.69, 9.17) is 0 Å². The Morgan fingerprint density at radius 3 is 2.48 bits per heavy atom. The maximum absolute atomic E-state index is 12.5. The largest absolute Gasteiger partial charge is 0.435 e. The summed E-state index contributed by atoms with van der Waals surface area (Å²) in [6.07, 6.45) is 0. The number of amides is 1. The number of hydrogen-bond acceptors (Lipinski definition) is 4. The third kappa shape index (κ3) is 4.28. The molecule has 27 heavy (non-hydrogen) atoms. The minimum atomic E-state index is -2.88. The third-order valence-corrected chi connectivity index (χ3v) is 3.92. The van der Waals surface area contributed by atoms with Crippen molar-refractivity contribution in [3.63, 3.8) is 0 Å². The summed E-state index contributed by atoms with van der Waals surface area (Å²) >= 11 is 0. The topological polar surface area (TPSA) is 69.0 Å². The van der Waals surface area contributed by atoms with Crippen molar-refractivity contribution in [2.75, 3.05) is 5.32 Å². The minimum absolute atomic E-state index is 0.0151. The number of aromatic nitrogens is 3. The van der Waals surface area contributed by atoms with E-state index in [-0.39, 0.29) is 11.6 Å².